The van der Waals surface area contributed by atoms with Gasteiger partial charge in [-0.3, -0.25) is 4.79 Å². The van der Waals surface area contributed by atoms with Crippen LogP contribution in [0.1, 0.15) is 48.7 Å². The van der Waals surface area contributed by atoms with E-state index in [1.165, 1.54) is 11.8 Å². The SMILES string of the molecule is CCCOc1ccc(C(=O)Oc2ccc(/C=N/NC(=O)COc3ccc(CC)cc3)cc2OCC)cc1. The van der Waals surface area contributed by atoms with Crippen molar-refractivity contribution >= 4 is 18.1 Å². The van der Waals surface area contributed by atoms with Crippen molar-refractivity contribution in [1.29, 1.82) is 0 Å². The predicted octanol–water partition coefficient (Wildman–Crippen LogP) is 5.18. The fourth-order valence-electron chi connectivity index (χ4n) is 3.20. The van der Waals surface area contributed by atoms with Gasteiger partial charge in [-0.15, -0.1) is 0 Å². The Morgan fingerprint density at radius 3 is 2.22 bits per heavy atom. The number of nitrogens with one attached hydrogen (secondary N) is 1. The zero-order chi connectivity index (χ0) is 26.5. The number of hydrogen-bond donors (Lipinski definition) is 1. The molecule has 0 saturated heterocycles. The Kier molecular flexibility index (Phi) is 10.5. The maximum absolute atomic E-state index is 12.6. The van der Waals surface area contributed by atoms with E-state index in [9.17, 15) is 9.59 Å². The fourth-order valence-corrected chi connectivity index (χ4v) is 3.20. The molecule has 0 saturated carbocycles. The first-order valence-corrected chi connectivity index (χ1v) is 12.3. The third-order valence-electron chi connectivity index (χ3n) is 5.14. The quantitative estimate of drug-likeness (QED) is 0.149. The van der Waals surface area contributed by atoms with Crippen LogP contribution in [0.4, 0.5) is 0 Å². The van der Waals surface area contributed by atoms with Gasteiger partial charge >= 0.3 is 5.97 Å². The molecule has 0 aliphatic heterocycles. The first-order chi connectivity index (χ1) is 18.0. The first-order valence-electron chi connectivity index (χ1n) is 12.3. The molecule has 0 aliphatic carbocycles. The van der Waals surface area contributed by atoms with E-state index < -0.39 is 11.9 Å². The monoisotopic (exact) mass is 504 g/mol. The summed E-state index contributed by atoms with van der Waals surface area (Å²) in [6.07, 6.45) is 3.31. The van der Waals surface area contributed by atoms with Gasteiger partial charge in [-0.2, -0.15) is 5.10 Å². The first kappa shape index (κ1) is 27.3. The van der Waals surface area contributed by atoms with Crippen molar-refractivity contribution in [1.82, 2.24) is 5.43 Å². The summed E-state index contributed by atoms with van der Waals surface area (Å²) >= 11 is 0. The van der Waals surface area contributed by atoms with E-state index in [0.29, 0.717) is 41.6 Å². The number of hydrazone groups is 1. The largest absolute Gasteiger partial charge is 0.494 e. The number of benzene rings is 3. The zero-order valence-electron chi connectivity index (χ0n) is 21.4. The molecule has 0 atom stereocenters. The summed E-state index contributed by atoms with van der Waals surface area (Å²) < 4.78 is 22.2. The van der Waals surface area contributed by atoms with Crippen LogP contribution in [0, 0.1) is 0 Å². The van der Waals surface area contributed by atoms with Gasteiger partial charge in [0.15, 0.2) is 18.1 Å². The second-order valence-electron chi connectivity index (χ2n) is 7.98. The van der Waals surface area contributed by atoms with E-state index in [0.717, 1.165) is 12.8 Å². The van der Waals surface area contributed by atoms with Crippen LogP contribution in [0.3, 0.4) is 0 Å². The van der Waals surface area contributed by atoms with E-state index in [-0.39, 0.29) is 12.4 Å². The van der Waals surface area contributed by atoms with Crippen LogP contribution in [-0.4, -0.2) is 37.9 Å². The van der Waals surface area contributed by atoms with Crippen molar-refractivity contribution in [2.24, 2.45) is 5.10 Å². The molecule has 0 fully saturated rings. The molecule has 8 heteroatoms. The summed E-state index contributed by atoms with van der Waals surface area (Å²) in [5.74, 6) is 1.07. The minimum Gasteiger partial charge on any atom is -0.494 e. The van der Waals surface area contributed by atoms with E-state index in [2.05, 4.69) is 17.5 Å². The Labute approximate surface area is 217 Å². The molecule has 37 heavy (non-hydrogen) atoms. The molecule has 3 rings (SSSR count). The van der Waals surface area contributed by atoms with Crippen molar-refractivity contribution in [3.8, 4) is 23.0 Å². The number of aryl methyl sites for hydroxylation is 1. The zero-order valence-corrected chi connectivity index (χ0v) is 21.4. The van der Waals surface area contributed by atoms with Gasteiger partial charge in [-0.25, -0.2) is 10.2 Å². The maximum Gasteiger partial charge on any atom is 0.343 e. The Hall–Kier alpha value is -4.33. The van der Waals surface area contributed by atoms with Crippen LogP contribution < -0.4 is 24.4 Å². The summed E-state index contributed by atoms with van der Waals surface area (Å²) in [4.78, 5) is 24.7. The molecule has 0 unspecified atom stereocenters. The molecule has 0 aliphatic rings. The van der Waals surface area contributed by atoms with Crippen LogP contribution in [0.25, 0.3) is 0 Å². The number of carbonyl (C=O) groups is 2. The lowest BCUT2D eigenvalue weighted by Gasteiger charge is -2.12. The molecule has 3 aromatic carbocycles. The maximum atomic E-state index is 12.6. The number of carbonyl (C=O) groups excluding carboxylic acids is 2. The summed E-state index contributed by atoms with van der Waals surface area (Å²) in [5, 5.41) is 3.97. The Bertz CT molecular complexity index is 1190. The molecule has 1 N–H and O–H groups in total. The van der Waals surface area contributed by atoms with Crippen LogP contribution in [-0.2, 0) is 11.2 Å². The third-order valence-corrected chi connectivity index (χ3v) is 5.14. The number of amides is 1. The van der Waals surface area contributed by atoms with E-state index in [4.69, 9.17) is 18.9 Å². The topological polar surface area (TPSA) is 95.5 Å². The molecule has 8 nitrogen and oxygen atoms in total. The number of hydrogen-bond acceptors (Lipinski definition) is 7. The minimum absolute atomic E-state index is 0.159. The van der Waals surface area contributed by atoms with Gasteiger partial charge in [-0.1, -0.05) is 26.0 Å². The lowest BCUT2D eigenvalue weighted by Crippen LogP contribution is -2.24. The molecule has 0 radical (unpaired) electrons. The van der Waals surface area contributed by atoms with Gasteiger partial charge in [0.2, 0.25) is 0 Å². The molecule has 0 bridgehead atoms. The van der Waals surface area contributed by atoms with Gasteiger partial charge in [0.05, 0.1) is 25.0 Å². The molecule has 0 spiro atoms. The summed E-state index contributed by atoms with van der Waals surface area (Å²) in [6, 6.07) is 19.3. The fraction of sp³-hybridized carbons (Fsp3) is 0.276. The van der Waals surface area contributed by atoms with Gasteiger partial charge < -0.3 is 18.9 Å². The smallest absolute Gasteiger partial charge is 0.343 e. The second-order valence-corrected chi connectivity index (χ2v) is 7.98. The standard InChI is InChI=1S/C29H32N2O6/c1-4-17-35-24-14-10-23(11-15-24)29(33)37-26-16-9-22(18-27(26)34-6-3)19-30-31-28(32)20-36-25-12-7-21(5-2)8-13-25/h7-16,18-19H,4-6,17,20H2,1-3H3,(H,31,32)/b30-19+. The average molecular weight is 505 g/mol. The molecule has 0 heterocycles. The number of ether oxygens (including phenoxy) is 4. The highest BCUT2D eigenvalue weighted by Gasteiger charge is 2.13. The Morgan fingerprint density at radius 1 is 0.838 bits per heavy atom. The highest BCUT2D eigenvalue weighted by Crippen LogP contribution is 2.29. The Balaban J connectivity index is 1.56. The van der Waals surface area contributed by atoms with Crippen molar-refractivity contribution in [2.75, 3.05) is 19.8 Å². The van der Waals surface area contributed by atoms with Gasteiger partial charge in [0.1, 0.15) is 11.5 Å². The Morgan fingerprint density at radius 2 is 1.54 bits per heavy atom. The van der Waals surface area contributed by atoms with Crippen molar-refractivity contribution < 1.29 is 28.5 Å². The highest BCUT2D eigenvalue weighted by molar-refractivity contribution is 5.92. The van der Waals surface area contributed by atoms with Crippen molar-refractivity contribution in [2.45, 2.75) is 33.6 Å². The average Bonchev–Trinajstić information content (AvgIpc) is 2.92. The van der Waals surface area contributed by atoms with E-state index in [1.54, 1.807) is 42.5 Å². The lowest BCUT2D eigenvalue weighted by molar-refractivity contribution is -0.123. The molecular formula is C29H32N2O6. The van der Waals surface area contributed by atoms with Crippen LogP contribution >= 0.6 is 0 Å². The highest BCUT2D eigenvalue weighted by atomic mass is 16.6. The molecule has 3 aromatic rings. The molecule has 1 amide bonds. The summed E-state index contributed by atoms with van der Waals surface area (Å²) in [6.45, 7) is 6.76. The third kappa shape index (κ3) is 8.68. The van der Waals surface area contributed by atoms with Crippen LogP contribution in [0.2, 0.25) is 0 Å². The van der Waals surface area contributed by atoms with Gasteiger partial charge in [0.25, 0.3) is 5.91 Å². The normalized spacial score (nSPS) is 10.7. The van der Waals surface area contributed by atoms with Crippen molar-refractivity contribution in [3.05, 3.63) is 83.4 Å². The van der Waals surface area contributed by atoms with Crippen LogP contribution in [0.5, 0.6) is 23.0 Å². The summed E-state index contributed by atoms with van der Waals surface area (Å²) in [5.41, 5.74) is 4.67. The molecule has 0 aromatic heterocycles. The van der Waals surface area contributed by atoms with E-state index in [1.807, 2.05) is 38.1 Å². The van der Waals surface area contributed by atoms with E-state index >= 15 is 0 Å². The predicted molar refractivity (Wildman–Crippen MR) is 142 cm³/mol. The minimum atomic E-state index is -0.513. The summed E-state index contributed by atoms with van der Waals surface area (Å²) in [7, 11) is 0. The number of rotatable bonds is 13. The van der Waals surface area contributed by atoms with Crippen LogP contribution in [0.15, 0.2) is 71.8 Å². The number of esters is 1. The number of nitrogens with zero attached hydrogens (tertiary/aromatic N) is 1. The van der Waals surface area contributed by atoms with Gasteiger partial charge in [-0.05, 0) is 85.5 Å². The van der Waals surface area contributed by atoms with Crippen molar-refractivity contribution in [3.63, 3.8) is 0 Å². The molecule has 194 valence electrons. The second kappa shape index (κ2) is 14.3. The lowest BCUT2D eigenvalue weighted by atomic mass is 10.2. The molecular weight excluding hydrogens is 472 g/mol. The van der Waals surface area contributed by atoms with Gasteiger partial charge in [0, 0.05) is 0 Å².